The zero-order valence-corrected chi connectivity index (χ0v) is 32.2. The summed E-state index contributed by atoms with van der Waals surface area (Å²) in [5.41, 5.74) is 3.15. The summed E-state index contributed by atoms with van der Waals surface area (Å²) in [7, 11) is 1.25. The molecule has 0 aromatic heterocycles. The molecule has 2 saturated heterocycles. The standard InChI is InChI=1S/C15H21BrN2O.C8H7BrO2.C7H16N2.C2H6O.C2H6.CH4/c1-11(2)17-6-8-18(9-7-17)15(19)13-4-5-14(16)12(3)10-13;1-5-4-6(8(10)11)2-3-7(5)9;1-7(2)9-5-3-8-4-6-9;1-2-3;1-2;/h4-5,10-11H,6-9H2,1-3H3;2-4H,1H3,(H,10,11);7-8H,3-6H2,1-2H3;3H,2H2,1H3;1-2H3;1H4/i;;;;1D;1T. The van der Waals surface area contributed by atoms with E-state index in [1.165, 1.54) is 20.5 Å². The van der Waals surface area contributed by atoms with Gasteiger partial charge in [-0.25, -0.2) is 4.79 Å². The highest BCUT2D eigenvalue weighted by Crippen LogP contribution is 2.19. The van der Waals surface area contributed by atoms with Crippen molar-refractivity contribution in [2.45, 2.75) is 81.8 Å². The summed E-state index contributed by atoms with van der Waals surface area (Å²) < 4.78 is 13.9. The fourth-order valence-corrected chi connectivity index (χ4v) is 4.87. The van der Waals surface area contributed by atoms with Crippen LogP contribution < -0.4 is 5.32 Å². The number of benzene rings is 2. The van der Waals surface area contributed by atoms with Crippen LogP contribution in [0, 0.1) is 13.8 Å². The van der Waals surface area contributed by atoms with Crippen molar-refractivity contribution in [3.8, 4) is 0 Å². The Morgan fingerprint density at radius 1 is 0.889 bits per heavy atom. The Kier molecular flexibility index (Phi) is 23.2. The summed E-state index contributed by atoms with van der Waals surface area (Å²) in [6, 6.07) is 12.0. The SMILES string of the molecule is CC(C)N1CCNCC1.CCO.Cc1cc(C(=O)N2CCN(C(C)C)CC2)ccc1Br.Cc1cc(C(=O)O)ccc1Br.[2H]CC.[3H]C. The van der Waals surface area contributed by atoms with Crippen LogP contribution in [0.25, 0.3) is 0 Å². The Balaban J connectivity index is 0. The second-order valence-corrected chi connectivity index (χ2v) is 12.6. The molecule has 0 saturated carbocycles. The first-order valence-corrected chi connectivity index (χ1v) is 17.0. The minimum atomic E-state index is -0.888. The summed E-state index contributed by atoms with van der Waals surface area (Å²) in [5.74, 6) is -0.736. The Hall–Kier alpha value is -1.82. The third-order valence-corrected chi connectivity index (χ3v) is 8.80. The number of hydrogen-bond donors (Lipinski definition) is 3. The van der Waals surface area contributed by atoms with Crippen molar-refractivity contribution in [2.24, 2.45) is 0 Å². The second-order valence-electron chi connectivity index (χ2n) is 10.9. The smallest absolute Gasteiger partial charge is 0.335 e. The number of aromatic carboxylic acids is 1. The molecule has 0 radical (unpaired) electrons. The van der Waals surface area contributed by atoms with Gasteiger partial charge in [-0.15, -0.1) is 0 Å². The molecule has 3 N–H and O–H groups in total. The Morgan fingerprint density at radius 3 is 1.62 bits per heavy atom. The number of halogens is 2. The quantitative estimate of drug-likeness (QED) is 0.300. The molecule has 1 amide bonds. The van der Waals surface area contributed by atoms with Crippen molar-refractivity contribution in [3.05, 3.63) is 67.6 Å². The number of rotatable bonds is 4. The summed E-state index contributed by atoms with van der Waals surface area (Å²) in [6.07, 6.45) is 0. The van der Waals surface area contributed by atoms with Gasteiger partial charge in [0.2, 0.25) is 0 Å². The molecular weight excluding hydrogens is 700 g/mol. The monoisotopic (exact) mass is 761 g/mol. The number of aryl methyl sites for hydroxylation is 2. The zero-order chi connectivity index (χ0) is 36.5. The van der Waals surface area contributed by atoms with Gasteiger partial charge in [-0.3, -0.25) is 14.6 Å². The first-order valence-electron chi connectivity index (χ1n) is 17.1. The lowest BCUT2D eigenvalue weighted by atomic mass is 10.1. The van der Waals surface area contributed by atoms with E-state index in [4.69, 9.17) is 13.0 Å². The first-order chi connectivity index (χ1) is 22.2. The number of piperazine rings is 2. The molecule has 2 aliphatic heterocycles. The van der Waals surface area contributed by atoms with Crippen molar-refractivity contribution in [1.82, 2.24) is 20.0 Å². The number of aliphatic hydroxyl groups is 1. The van der Waals surface area contributed by atoms with Gasteiger partial charge in [0.05, 0.1) is 5.56 Å². The topological polar surface area (TPSA) is 96.4 Å². The largest absolute Gasteiger partial charge is 0.478 e. The van der Waals surface area contributed by atoms with E-state index in [9.17, 15) is 9.59 Å². The van der Waals surface area contributed by atoms with Gasteiger partial charge >= 0.3 is 5.97 Å². The Morgan fingerprint density at radius 2 is 1.27 bits per heavy atom. The number of carbonyl (C=O) groups excluding carboxylic acids is 1. The zero-order valence-electron chi connectivity index (χ0n) is 31.0. The predicted octanol–water partition coefficient (Wildman–Crippen LogP) is 7.34. The molecule has 2 heterocycles. The van der Waals surface area contributed by atoms with Gasteiger partial charge in [-0.2, -0.15) is 0 Å². The molecular formula is C35H60Br2N4O4. The fourth-order valence-electron chi connectivity index (χ4n) is 4.38. The maximum Gasteiger partial charge on any atom is 0.335 e. The summed E-state index contributed by atoms with van der Waals surface area (Å²) in [4.78, 5) is 29.8. The summed E-state index contributed by atoms with van der Waals surface area (Å²) >= 11 is 6.75. The highest BCUT2D eigenvalue weighted by atomic mass is 79.9. The van der Waals surface area contributed by atoms with E-state index < -0.39 is 5.97 Å². The molecule has 45 heavy (non-hydrogen) atoms. The molecule has 258 valence electrons. The maximum absolute atomic E-state index is 12.4. The average molecular weight is 764 g/mol. The van der Waals surface area contributed by atoms with Gasteiger partial charge in [-0.05, 0) is 96.0 Å². The summed E-state index contributed by atoms with van der Waals surface area (Å²) in [6.45, 7) is 25.4. The van der Waals surface area contributed by atoms with Crippen LogP contribution in [0.3, 0.4) is 0 Å². The van der Waals surface area contributed by atoms with Gasteiger partial charge in [-0.1, -0.05) is 53.1 Å². The van der Waals surface area contributed by atoms with Gasteiger partial charge < -0.3 is 20.4 Å². The van der Waals surface area contributed by atoms with Crippen LogP contribution in [-0.2, 0) is 0 Å². The summed E-state index contributed by atoms with van der Waals surface area (Å²) in [5, 5.41) is 19.5. The van der Waals surface area contributed by atoms with E-state index in [1.54, 1.807) is 32.0 Å². The molecule has 8 nitrogen and oxygen atoms in total. The van der Waals surface area contributed by atoms with Crippen molar-refractivity contribution >= 4 is 43.7 Å². The fraction of sp³-hybridized carbons (Fsp3) is 0.600. The van der Waals surface area contributed by atoms with Crippen molar-refractivity contribution < 1.29 is 22.5 Å². The number of carbonyl (C=O) groups is 2. The highest BCUT2D eigenvalue weighted by molar-refractivity contribution is 9.10. The van der Waals surface area contributed by atoms with Crippen LogP contribution in [0.5, 0.6) is 0 Å². The molecule has 2 aromatic carbocycles. The van der Waals surface area contributed by atoms with Gasteiger partial charge in [0, 0.05) is 88.3 Å². The molecule has 0 unspecified atom stereocenters. The molecule has 0 spiro atoms. The lowest BCUT2D eigenvalue weighted by Crippen LogP contribution is -2.50. The molecule has 10 heteroatoms. The second kappa shape index (κ2) is 25.3. The molecule has 4 rings (SSSR count). The van der Waals surface area contributed by atoms with Gasteiger partial charge in [0.15, 0.2) is 0 Å². The molecule has 2 fully saturated rings. The van der Waals surface area contributed by atoms with Gasteiger partial charge in [0.25, 0.3) is 5.91 Å². The third-order valence-electron chi connectivity index (χ3n) is 7.02. The maximum atomic E-state index is 12.4. The Bertz CT molecular complexity index is 1130. The van der Waals surface area contributed by atoms with Gasteiger partial charge in [0.1, 0.15) is 0 Å². The average Bonchev–Trinajstić information content (AvgIpc) is 3.06. The van der Waals surface area contributed by atoms with E-state index in [0.29, 0.717) is 18.5 Å². The van der Waals surface area contributed by atoms with Crippen molar-refractivity contribution in [2.75, 3.05) is 59.0 Å². The number of carboxylic acid groups (broad SMARTS) is 1. The van der Waals surface area contributed by atoms with E-state index in [1.807, 2.05) is 36.9 Å². The van der Waals surface area contributed by atoms with Crippen LogP contribution in [0.2, 0.25) is 0 Å². The predicted molar refractivity (Wildman–Crippen MR) is 198 cm³/mol. The third kappa shape index (κ3) is 17.6. The normalized spacial score (nSPS) is 15.1. The number of carboxylic acids is 1. The molecule has 0 aliphatic carbocycles. The minimum Gasteiger partial charge on any atom is -0.478 e. The molecule has 2 aliphatic rings. The van der Waals surface area contributed by atoms with Crippen LogP contribution in [-0.4, -0.2) is 108 Å². The number of nitrogens with one attached hydrogen (secondary N) is 1. The Labute approximate surface area is 293 Å². The van der Waals surface area contributed by atoms with E-state index in [0.717, 1.165) is 70.9 Å². The van der Waals surface area contributed by atoms with E-state index >= 15 is 0 Å². The number of hydrogen-bond acceptors (Lipinski definition) is 6. The molecule has 0 bridgehead atoms. The minimum absolute atomic E-state index is 0.152. The number of amides is 1. The van der Waals surface area contributed by atoms with E-state index in [-0.39, 0.29) is 12.5 Å². The first kappa shape index (κ1) is 41.2. The lowest BCUT2D eigenvalue weighted by molar-refractivity contribution is 0.0595. The van der Waals surface area contributed by atoms with Crippen LogP contribution in [0.15, 0.2) is 45.3 Å². The number of nitrogens with zero attached hydrogens (tertiary/aromatic N) is 3. The van der Waals surface area contributed by atoms with Crippen molar-refractivity contribution in [3.63, 3.8) is 0 Å². The highest BCUT2D eigenvalue weighted by Gasteiger charge is 2.23. The van der Waals surface area contributed by atoms with Crippen LogP contribution in [0.1, 0.15) is 90.4 Å². The molecule has 0 atom stereocenters. The van der Waals surface area contributed by atoms with Crippen LogP contribution >= 0.6 is 31.9 Å². The molecule has 2 aromatic rings. The van der Waals surface area contributed by atoms with Crippen LogP contribution in [0.4, 0.5) is 0 Å². The van der Waals surface area contributed by atoms with E-state index in [2.05, 4.69) is 74.7 Å². The van der Waals surface area contributed by atoms with Crippen molar-refractivity contribution in [1.29, 1.82) is 0 Å². The number of aliphatic hydroxyl groups excluding tert-OH is 1. The lowest BCUT2D eigenvalue weighted by Gasteiger charge is -2.37.